The predicted octanol–water partition coefficient (Wildman–Crippen LogP) is 8.96. The van der Waals surface area contributed by atoms with Gasteiger partial charge in [0, 0.05) is 25.7 Å². The molecule has 0 aliphatic rings. The summed E-state index contributed by atoms with van der Waals surface area (Å²) in [5, 5.41) is 63.8. The highest BCUT2D eigenvalue weighted by atomic mass is 19.3. The fraction of sp³-hybridized carbons (Fsp3) is 0.464. The van der Waals surface area contributed by atoms with Crippen LogP contribution < -0.4 is 21.3 Å². The van der Waals surface area contributed by atoms with Crippen LogP contribution in [0.4, 0.5) is 54.3 Å². The highest BCUT2D eigenvalue weighted by Gasteiger charge is 2.37. The van der Waals surface area contributed by atoms with E-state index in [1.54, 1.807) is 97.1 Å². The van der Waals surface area contributed by atoms with Crippen molar-refractivity contribution in [2.75, 3.05) is 0 Å². The Morgan fingerprint density at radius 3 is 0.964 bits per heavy atom. The summed E-state index contributed by atoms with van der Waals surface area (Å²) >= 11 is 0. The molecule has 20 nitrogen and oxygen atoms in total. The zero-order valence-electron chi connectivity index (χ0n) is 46.6. The summed E-state index contributed by atoms with van der Waals surface area (Å²) in [5.41, 5.74) is 2.95. The molecule has 28 heteroatoms. The highest BCUT2D eigenvalue weighted by Crippen LogP contribution is 2.24. The van der Waals surface area contributed by atoms with Gasteiger partial charge < -0.3 is 70.9 Å². The zero-order valence-corrected chi connectivity index (χ0v) is 46.6. The lowest BCUT2D eigenvalue weighted by Crippen LogP contribution is -2.50. The van der Waals surface area contributed by atoms with E-state index in [2.05, 4.69) is 10.6 Å². The molecule has 0 aliphatic carbocycles. The highest BCUT2D eigenvalue weighted by molar-refractivity contribution is 5.80. The van der Waals surface area contributed by atoms with Crippen molar-refractivity contribution < 1.29 is 113 Å². The number of amides is 4. The Morgan fingerprint density at radius 2 is 0.679 bits per heavy atom. The number of carbonyl (C=O) groups excluding carboxylic acids is 4. The van der Waals surface area contributed by atoms with Crippen molar-refractivity contribution in [2.45, 2.75) is 166 Å². The molecule has 0 bridgehead atoms. The first kappa shape index (κ1) is 74.2. The molecule has 4 aromatic carbocycles. The van der Waals surface area contributed by atoms with Crippen molar-refractivity contribution in [2.24, 2.45) is 0 Å². The van der Waals surface area contributed by atoms with E-state index >= 15 is 0 Å². The predicted molar refractivity (Wildman–Crippen MR) is 286 cm³/mol. The molecule has 0 fully saturated rings. The average molecular weight is 1210 g/mol. The number of aliphatic carboxylic acids is 2. The van der Waals surface area contributed by atoms with Gasteiger partial charge in [0.25, 0.3) is 0 Å². The van der Waals surface area contributed by atoms with E-state index in [0.717, 1.165) is 25.0 Å². The fourth-order valence-corrected chi connectivity index (χ4v) is 6.65. The minimum absolute atomic E-state index is 0.0434. The normalized spacial score (nSPS) is 14.2. The zero-order chi connectivity index (χ0) is 63.8. The van der Waals surface area contributed by atoms with Gasteiger partial charge in [-0.1, -0.05) is 121 Å². The van der Waals surface area contributed by atoms with Gasteiger partial charge in [-0.3, -0.25) is 0 Å². The molecule has 0 radical (unpaired) electrons. The lowest BCUT2D eigenvalue weighted by Gasteiger charge is -2.24. The van der Waals surface area contributed by atoms with Gasteiger partial charge in [-0.25, -0.2) is 63.9 Å². The number of carboxylic acid groups (broad SMARTS) is 2. The van der Waals surface area contributed by atoms with Gasteiger partial charge in [0.2, 0.25) is 23.7 Å². The van der Waals surface area contributed by atoms with Crippen molar-refractivity contribution in [1.29, 1.82) is 0 Å². The smallest absolute Gasteiger partial charge is 0.408 e. The molecule has 8 unspecified atom stereocenters. The second-order valence-electron chi connectivity index (χ2n) is 19.4. The minimum atomic E-state index is -3.26. The molecule has 10 N–H and O–H groups in total. The lowest BCUT2D eigenvalue weighted by atomic mass is 10.0. The number of hydrogen-bond acceptors (Lipinski definition) is 14. The number of hydrogen-bond donors (Lipinski definition) is 10. The molecule has 4 aromatic rings. The molecule has 8 atom stereocenters. The molecule has 84 heavy (non-hydrogen) atoms. The number of alkyl carbamates (subject to hydrolysis) is 4. The van der Waals surface area contributed by atoms with Crippen LogP contribution >= 0.6 is 0 Å². The number of carbonyl (C=O) groups is 6. The summed E-state index contributed by atoms with van der Waals surface area (Å²) in [6.07, 6.45) is -13.8. The van der Waals surface area contributed by atoms with Gasteiger partial charge in [0.05, 0.1) is 36.4 Å². The quantitative estimate of drug-likeness (QED) is 0.0207. The molecular formula is C56H72F8N4O16. The number of rotatable bonds is 26. The van der Waals surface area contributed by atoms with Crippen LogP contribution in [0.1, 0.15) is 89.5 Å². The number of halogens is 8. The lowest BCUT2D eigenvalue weighted by molar-refractivity contribution is -0.149. The molecule has 4 rings (SSSR count). The maximum absolute atomic E-state index is 13.0. The van der Waals surface area contributed by atoms with E-state index in [1.165, 1.54) is 13.8 Å². The summed E-state index contributed by atoms with van der Waals surface area (Å²) in [5.74, 6) is -15.8. The van der Waals surface area contributed by atoms with Crippen LogP contribution in [0, 0.1) is 0 Å². The first-order valence-electron chi connectivity index (χ1n) is 25.5. The number of benzene rings is 4. The number of aliphatic hydroxyl groups excluding tert-OH is 4. The van der Waals surface area contributed by atoms with Crippen molar-refractivity contribution in [3.8, 4) is 0 Å². The first-order chi connectivity index (χ1) is 38.9. The van der Waals surface area contributed by atoms with Crippen LogP contribution in [-0.2, 0) is 55.0 Å². The van der Waals surface area contributed by atoms with Crippen LogP contribution in [0.5, 0.6) is 0 Å². The molecule has 0 aliphatic heterocycles. The summed E-state index contributed by atoms with van der Waals surface area (Å²) in [6, 6.07) is 29.8. The standard InChI is InChI=1S/2C14H17F2NO5.2C14H19F2NO3/c1-14(15,16)7-10(18)11(12(19)20)17-13(21)22-8-9-5-3-2-4-6-9;1-14(15,16)7-10(11(18)12(19)20)17-13(21)22-8-9-5-3-2-4-6-9;1-10(18)12(8-14(2,15)16)17-13(19)20-9-11-6-4-3-5-7-11;1-10(12(18)8-14(2,15)16)17-13(19)20-9-11-6-4-3-5-7-11/h2*2-6,10-11,18H,7-8H2,1H3,(H,17,21)(H,19,20);2*3-7,10,12,18H,8-9H2,1-2H3,(H,17,19). The Labute approximate surface area is 479 Å². The van der Waals surface area contributed by atoms with Gasteiger partial charge in [-0.05, 0) is 63.8 Å². The van der Waals surface area contributed by atoms with Crippen LogP contribution in [0.25, 0.3) is 0 Å². The molecule has 4 amide bonds. The van der Waals surface area contributed by atoms with Crippen molar-refractivity contribution in [3.63, 3.8) is 0 Å². The van der Waals surface area contributed by atoms with Crippen molar-refractivity contribution in [3.05, 3.63) is 144 Å². The molecule has 0 saturated heterocycles. The Balaban J connectivity index is 0.000000561. The van der Waals surface area contributed by atoms with Gasteiger partial charge in [-0.15, -0.1) is 0 Å². The van der Waals surface area contributed by atoms with Gasteiger partial charge >= 0.3 is 36.3 Å². The van der Waals surface area contributed by atoms with E-state index in [-0.39, 0.29) is 26.4 Å². The first-order valence-corrected chi connectivity index (χ1v) is 25.5. The van der Waals surface area contributed by atoms with Crippen molar-refractivity contribution in [1.82, 2.24) is 21.3 Å². The maximum atomic E-state index is 13.0. The summed E-state index contributed by atoms with van der Waals surface area (Å²) in [4.78, 5) is 67.7. The Kier molecular flexibility index (Phi) is 32.4. The molecular weight excluding hydrogens is 1140 g/mol. The minimum Gasteiger partial charge on any atom is -0.480 e. The van der Waals surface area contributed by atoms with E-state index in [4.69, 9.17) is 29.2 Å². The third kappa shape index (κ3) is 36.6. The molecule has 0 spiro atoms. The van der Waals surface area contributed by atoms with Gasteiger partial charge in [0.15, 0.2) is 12.1 Å². The Morgan fingerprint density at radius 1 is 0.405 bits per heavy atom. The van der Waals surface area contributed by atoms with Crippen LogP contribution in [0.2, 0.25) is 0 Å². The Hall–Kier alpha value is -7.82. The monoisotopic (exact) mass is 1210 g/mol. The second kappa shape index (κ2) is 36.7. The summed E-state index contributed by atoms with van der Waals surface area (Å²) < 4.78 is 122. The molecule has 468 valence electrons. The van der Waals surface area contributed by atoms with Gasteiger partial charge in [0.1, 0.15) is 26.4 Å². The molecule has 0 saturated carbocycles. The van der Waals surface area contributed by atoms with Gasteiger partial charge in [-0.2, -0.15) is 0 Å². The largest absolute Gasteiger partial charge is 0.480 e. The summed E-state index contributed by atoms with van der Waals surface area (Å²) in [6.45, 7) is 5.25. The third-order valence-electron chi connectivity index (χ3n) is 10.8. The van der Waals surface area contributed by atoms with Crippen LogP contribution in [0.15, 0.2) is 121 Å². The van der Waals surface area contributed by atoms with E-state index in [0.29, 0.717) is 25.0 Å². The Bertz CT molecular complexity index is 2550. The summed E-state index contributed by atoms with van der Waals surface area (Å²) in [7, 11) is 0. The van der Waals surface area contributed by atoms with Crippen molar-refractivity contribution >= 4 is 36.3 Å². The average Bonchev–Trinajstić information content (AvgIpc) is 3.49. The number of aliphatic hydroxyl groups is 4. The third-order valence-corrected chi connectivity index (χ3v) is 10.8. The van der Waals surface area contributed by atoms with Crippen LogP contribution in [0.3, 0.4) is 0 Å². The van der Waals surface area contributed by atoms with E-state index in [9.17, 15) is 84.3 Å². The number of alkyl halides is 8. The maximum Gasteiger partial charge on any atom is 0.408 e. The number of carboxylic acids is 2. The van der Waals surface area contributed by atoms with E-state index < -0.39 is 134 Å². The van der Waals surface area contributed by atoms with Crippen LogP contribution in [-0.4, -0.2) is 139 Å². The fourth-order valence-electron chi connectivity index (χ4n) is 6.65. The number of ether oxygens (including phenoxy) is 4. The van der Waals surface area contributed by atoms with E-state index in [1.807, 2.05) is 34.9 Å². The molecule has 0 aromatic heterocycles. The topological polar surface area (TPSA) is 309 Å². The second-order valence-corrected chi connectivity index (χ2v) is 19.4. The SMILES string of the molecule is CC(F)(F)CC(NC(=O)OCc1ccccc1)C(O)C(=O)O.CC(F)(F)CC(O)C(NC(=O)OCc1ccccc1)C(=O)O.CC(NC(=O)OCc1ccccc1)C(O)CC(C)(F)F.CC(O)C(CC(C)(F)F)NC(=O)OCc1ccccc1. The molecule has 0 heterocycles. The number of nitrogens with one attached hydrogen (secondary N) is 4.